The van der Waals surface area contributed by atoms with E-state index >= 15 is 0 Å². The molecule has 3 N–H and O–H groups in total. The number of carboxylic acid groups (broad SMARTS) is 1. The first kappa shape index (κ1) is 24.0. The average molecular weight is 473 g/mol. The molecule has 0 aliphatic heterocycles. The second-order valence-electron chi connectivity index (χ2n) is 8.92. The molecule has 1 atom stereocenters. The molecule has 1 aliphatic carbocycles. The third-order valence-corrected chi connectivity index (χ3v) is 6.29. The van der Waals surface area contributed by atoms with Crippen LogP contribution in [0.15, 0.2) is 72.8 Å². The smallest absolute Gasteiger partial charge is 0.407 e. The van der Waals surface area contributed by atoms with Crippen molar-refractivity contribution in [3.05, 3.63) is 89.5 Å². The summed E-state index contributed by atoms with van der Waals surface area (Å²) in [7, 11) is 0. The van der Waals surface area contributed by atoms with E-state index in [1.54, 1.807) is 12.1 Å². The van der Waals surface area contributed by atoms with Crippen LogP contribution in [-0.2, 0) is 9.53 Å². The lowest BCUT2D eigenvalue weighted by Crippen LogP contribution is -2.41. The van der Waals surface area contributed by atoms with E-state index < -0.39 is 24.0 Å². The molecule has 7 heteroatoms. The predicted octanol–water partition coefficient (Wildman–Crippen LogP) is 5.28. The van der Waals surface area contributed by atoms with Gasteiger partial charge >= 0.3 is 12.1 Å². The Kier molecular flexibility index (Phi) is 7.15. The molecule has 2 amide bonds. The van der Waals surface area contributed by atoms with Crippen molar-refractivity contribution in [3.63, 3.8) is 0 Å². The van der Waals surface area contributed by atoms with Gasteiger partial charge in [0, 0.05) is 18.4 Å². The Morgan fingerprint density at radius 3 is 2.06 bits per heavy atom. The number of rotatable bonds is 8. The van der Waals surface area contributed by atoms with Crippen molar-refractivity contribution in [1.29, 1.82) is 0 Å². The number of ether oxygens (including phenoxy) is 1. The maximum atomic E-state index is 12.7. The first-order valence-electron chi connectivity index (χ1n) is 11.6. The molecule has 0 bridgehead atoms. The molecule has 0 spiro atoms. The molecule has 0 unspecified atom stereocenters. The van der Waals surface area contributed by atoms with Crippen molar-refractivity contribution >= 4 is 23.7 Å². The highest BCUT2D eigenvalue weighted by Crippen LogP contribution is 2.44. The lowest BCUT2D eigenvalue weighted by atomic mass is 9.98. The van der Waals surface area contributed by atoms with Crippen LogP contribution in [0, 0.1) is 5.92 Å². The number of carbonyl (C=O) groups excluding carboxylic acids is 2. The van der Waals surface area contributed by atoms with Gasteiger partial charge in [-0.3, -0.25) is 4.79 Å². The van der Waals surface area contributed by atoms with Gasteiger partial charge in [0.25, 0.3) is 0 Å². The zero-order valence-electron chi connectivity index (χ0n) is 19.7. The van der Waals surface area contributed by atoms with Gasteiger partial charge < -0.3 is 20.5 Å². The molecule has 0 saturated carbocycles. The number of carbonyl (C=O) groups is 3. The van der Waals surface area contributed by atoms with Gasteiger partial charge in [-0.25, -0.2) is 9.59 Å². The number of benzene rings is 3. The topological polar surface area (TPSA) is 105 Å². The van der Waals surface area contributed by atoms with Crippen LogP contribution in [0.1, 0.15) is 47.7 Å². The third-order valence-electron chi connectivity index (χ3n) is 6.29. The summed E-state index contributed by atoms with van der Waals surface area (Å²) in [4.78, 5) is 36.7. The lowest BCUT2D eigenvalue weighted by Gasteiger charge is -2.22. The number of anilines is 1. The fraction of sp³-hybridized carbons (Fsp3) is 0.250. The maximum Gasteiger partial charge on any atom is 0.407 e. The summed E-state index contributed by atoms with van der Waals surface area (Å²) < 4.78 is 5.61. The van der Waals surface area contributed by atoms with Crippen LogP contribution >= 0.6 is 0 Å². The summed E-state index contributed by atoms with van der Waals surface area (Å²) in [5.41, 5.74) is 4.77. The van der Waals surface area contributed by atoms with Crippen molar-refractivity contribution in [2.24, 2.45) is 5.92 Å². The Labute approximate surface area is 204 Å². The first-order chi connectivity index (χ1) is 16.8. The van der Waals surface area contributed by atoms with Crippen LogP contribution < -0.4 is 10.6 Å². The summed E-state index contributed by atoms with van der Waals surface area (Å²) >= 11 is 0. The van der Waals surface area contributed by atoms with Gasteiger partial charge in [0.1, 0.15) is 6.61 Å². The second-order valence-corrected chi connectivity index (χ2v) is 8.92. The minimum absolute atomic E-state index is 0.00596. The number of fused-ring (bicyclic) bond motifs is 3. The maximum absolute atomic E-state index is 12.7. The highest BCUT2D eigenvalue weighted by molar-refractivity contribution is 6.00. The summed E-state index contributed by atoms with van der Waals surface area (Å²) in [6, 6.07) is 21.9. The van der Waals surface area contributed by atoms with Gasteiger partial charge in [0.15, 0.2) is 0 Å². The van der Waals surface area contributed by atoms with Crippen LogP contribution in [-0.4, -0.2) is 35.7 Å². The van der Waals surface area contributed by atoms with E-state index in [-0.39, 0.29) is 36.1 Å². The summed E-state index contributed by atoms with van der Waals surface area (Å²) in [5.74, 6) is -1.62. The fourth-order valence-electron chi connectivity index (χ4n) is 4.42. The van der Waals surface area contributed by atoms with E-state index in [0.29, 0.717) is 0 Å². The van der Waals surface area contributed by atoms with Crippen molar-refractivity contribution < 1.29 is 24.2 Å². The van der Waals surface area contributed by atoms with E-state index in [2.05, 4.69) is 34.9 Å². The number of nitrogens with one attached hydrogen (secondary N) is 2. The molecule has 0 aromatic heterocycles. The molecule has 3 aromatic carbocycles. The number of para-hydroxylation sites is 1. The van der Waals surface area contributed by atoms with Gasteiger partial charge in [0.05, 0.1) is 11.3 Å². The number of alkyl carbamates (subject to hydrolysis) is 1. The number of hydrogen-bond donors (Lipinski definition) is 3. The molecule has 180 valence electrons. The van der Waals surface area contributed by atoms with Crippen molar-refractivity contribution in [1.82, 2.24) is 5.32 Å². The Bertz CT molecular complexity index is 1210. The molecule has 0 radical (unpaired) electrons. The molecule has 0 fully saturated rings. The molecule has 3 aromatic rings. The van der Waals surface area contributed by atoms with E-state index in [1.807, 2.05) is 38.1 Å². The van der Waals surface area contributed by atoms with Crippen molar-refractivity contribution in [2.75, 3.05) is 11.9 Å². The lowest BCUT2D eigenvalue weighted by molar-refractivity contribution is -0.116. The van der Waals surface area contributed by atoms with Crippen molar-refractivity contribution in [3.8, 4) is 11.1 Å². The molecule has 0 heterocycles. The van der Waals surface area contributed by atoms with E-state index in [1.165, 1.54) is 12.1 Å². The molecule has 7 nitrogen and oxygen atoms in total. The minimum atomic E-state index is -1.13. The Morgan fingerprint density at radius 1 is 0.886 bits per heavy atom. The van der Waals surface area contributed by atoms with Gasteiger partial charge in [-0.2, -0.15) is 0 Å². The molecule has 0 saturated heterocycles. The Hall–Kier alpha value is -4.13. The summed E-state index contributed by atoms with van der Waals surface area (Å²) in [5, 5.41) is 14.8. The monoisotopic (exact) mass is 472 g/mol. The quantitative estimate of drug-likeness (QED) is 0.414. The molecule has 1 aliphatic rings. The predicted molar refractivity (Wildman–Crippen MR) is 133 cm³/mol. The van der Waals surface area contributed by atoms with Gasteiger partial charge in [-0.05, 0) is 40.3 Å². The van der Waals surface area contributed by atoms with Crippen molar-refractivity contribution in [2.45, 2.75) is 32.2 Å². The van der Waals surface area contributed by atoms with E-state index in [9.17, 15) is 19.5 Å². The number of hydrogen-bond acceptors (Lipinski definition) is 4. The van der Waals surface area contributed by atoms with Crippen LogP contribution in [0.5, 0.6) is 0 Å². The van der Waals surface area contributed by atoms with Crippen LogP contribution in [0.2, 0.25) is 0 Å². The van der Waals surface area contributed by atoms with Crippen LogP contribution in [0.4, 0.5) is 10.5 Å². The largest absolute Gasteiger partial charge is 0.478 e. The third kappa shape index (κ3) is 5.35. The first-order valence-corrected chi connectivity index (χ1v) is 11.6. The van der Waals surface area contributed by atoms with Gasteiger partial charge in [-0.1, -0.05) is 74.5 Å². The summed E-state index contributed by atoms with van der Waals surface area (Å²) in [6.07, 6.45) is -0.611. The number of aromatic carboxylic acids is 1. The van der Waals surface area contributed by atoms with Crippen LogP contribution in [0.25, 0.3) is 11.1 Å². The highest BCUT2D eigenvalue weighted by atomic mass is 16.5. The Morgan fingerprint density at radius 2 is 1.46 bits per heavy atom. The van der Waals surface area contributed by atoms with Gasteiger partial charge in [0.2, 0.25) is 5.91 Å². The van der Waals surface area contributed by atoms with E-state index in [4.69, 9.17) is 4.74 Å². The van der Waals surface area contributed by atoms with Gasteiger partial charge in [-0.15, -0.1) is 0 Å². The van der Waals surface area contributed by atoms with Crippen LogP contribution in [0.3, 0.4) is 0 Å². The number of carboxylic acids is 1. The molecule has 35 heavy (non-hydrogen) atoms. The molecular formula is C28H28N2O5. The van der Waals surface area contributed by atoms with E-state index in [0.717, 1.165) is 22.3 Å². The fourth-order valence-corrected chi connectivity index (χ4v) is 4.42. The highest BCUT2D eigenvalue weighted by Gasteiger charge is 2.29. The standard InChI is InChI=1S/C28H28N2O5/c1-17(2)25(15-26(31)29-24-14-8-7-13-22(24)27(32)33)30-28(34)35-16-23-20-11-5-3-9-18(20)19-10-4-6-12-21(19)23/h3-14,17,23,25H,15-16H2,1-2H3,(H,29,31)(H,30,34)(H,32,33)/t25-/m0/s1. The zero-order valence-corrected chi connectivity index (χ0v) is 19.7. The molecular weight excluding hydrogens is 444 g/mol. The summed E-state index contributed by atoms with van der Waals surface area (Å²) in [6.45, 7) is 3.97. The second kappa shape index (κ2) is 10.4. The normalized spacial score (nSPS) is 13.0. The average Bonchev–Trinajstić information content (AvgIpc) is 3.16. The number of amides is 2. The Balaban J connectivity index is 1.38. The minimum Gasteiger partial charge on any atom is -0.478 e. The molecule has 4 rings (SSSR count). The zero-order chi connectivity index (χ0) is 24.9. The SMILES string of the molecule is CC(C)[C@H](CC(=O)Nc1ccccc1C(=O)O)NC(=O)OCC1c2ccccc2-c2ccccc21.